The number of likely N-dealkylation sites (tertiary alicyclic amines) is 1. The Kier molecular flexibility index (Phi) is 7.81. The Morgan fingerprint density at radius 1 is 1.23 bits per heavy atom. The number of ether oxygens (including phenoxy) is 2. The van der Waals surface area contributed by atoms with E-state index in [1.165, 1.54) is 44.1 Å². The first-order valence-corrected chi connectivity index (χ1v) is 12.1. The highest BCUT2D eigenvalue weighted by atomic mass is 127. The van der Waals surface area contributed by atoms with Crippen molar-refractivity contribution in [2.75, 3.05) is 32.8 Å². The molecular formula is C25H38IN3O2. The van der Waals surface area contributed by atoms with Crippen LogP contribution in [0.2, 0.25) is 0 Å². The number of guanidine groups is 1. The van der Waals surface area contributed by atoms with Gasteiger partial charge >= 0.3 is 0 Å². The zero-order valence-electron chi connectivity index (χ0n) is 18.8. The summed E-state index contributed by atoms with van der Waals surface area (Å²) in [6.45, 7) is 7.58. The number of rotatable bonds is 6. The highest BCUT2D eigenvalue weighted by molar-refractivity contribution is 14.0. The number of hydrogen-bond acceptors (Lipinski definition) is 3. The first-order chi connectivity index (χ1) is 14.8. The van der Waals surface area contributed by atoms with Gasteiger partial charge in [-0.3, -0.25) is 4.99 Å². The van der Waals surface area contributed by atoms with Gasteiger partial charge in [-0.05, 0) is 38.2 Å². The van der Waals surface area contributed by atoms with Crippen molar-refractivity contribution in [1.29, 1.82) is 0 Å². The quantitative estimate of drug-likeness (QED) is 0.330. The average molecular weight is 540 g/mol. The molecule has 0 aromatic heterocycles. The van der Waals surface area contributed by atoms with Crippen molar-refractivity contribution in [3.63, 3.8) is 0 Å². The van der Waals surface area contributed by atoms with Crippen molar-refractivity contribution in [2.24, 2.45) is 22.2 Å². The molecule has 0 amide bonds. The highest BCUT2D eigenvalue weighted by Gasteiger charge is 2.65. The SMILES string of the molecule is CCN=C(NC1C2CCOC2C12CCCC2)N1CCC(COCc2ccccc2)C1.I. The summed E-state index contributed by atoms with van der Waals surface area (Å²) in [6.07, 6.45) is 8.25. The molecule has 2 saturated carbocycles. The Bertz CT molecular complexity index is 738. The van der Waals surface area contributed by atoms with Crippen molar-refractivity contribution in [1.82, 2.24) is 10.2 Å². The Morgan fingerprint density at radius 2 is 2.03 bits per heavy atom. The molecule has 0 radical (unpaired) electrons. The summed E-state index contributed by atoms with van der Waals surface area (Å²) in [7, 11) is 0. The summed E-state index contributed by atoms with van der Waals surface area (Å²) in [5, 5.41) is 3.96. The van der Waals surface area contributed by atoms with Crippen LogP contribution in [0.3, 0.4) is 0 Å². The van der Waals surface area contributed by atoms with Gasteiger partial charge in [-0.15, -0.1) is 24.0 Å². The molecule has 172 valence electrons. The van der Waals surface area contributed by atoms with Gasteiger partial charge in [0.25, 0.3) is 0 Å². The first-order valence-electron chi connectivity index (χ1n) is 12.1. The Morgan fingerprint density at radius 3 is 2.81 bits per heavy atom. The fraction of sp³-hybridized carbons (Fsp3) is 0.720. The zero-order valence-corrected chi connectivity index (χ0v) is 21.1. The minimum atomic E-state index is 0. The van der Waals surface area contributed by atoms with Crippen LogP contribution in [0.5, 0.6) is 0 Å². The van der Waals surface area contributed by atoms with E-state index in [2.05, 4.69) is 47.5 Å². The molecule has 6 heteroatoms. The second-order valence-corrected chi connectivity index (χ2v) is 9.71. The van der Waals surface area contributed by atoms with Gasteiger partial charge in [0.05, 0.1) is 19.3 Å². The summed E-state index contributed by atoms with van der Waals surface area (Å²) in [5.41, 5.74) is 1.62. The molecule has 2 aliphatic carbocycles. The maximum atomic E-state index is 6.17. The topological polar surface area (TPSA) is 46.1 Å². The van der Waals surface area contributed by atoms with E-state index in [0.29, 0.717) is 36.0 Å². The molecule has 4 unspecified atom stereocenters. The van der Waals surface area contributed by atoms with Crippen molar-refractivity contribution in [2.45, 2.75) is 64.2 Å². The third kappa shape index (κ3) is 4.62. The van der Waals surface area contributed by atoms with Crippen LogP contribution in [0.1, 0.15) is 51.0 Å². The van der Waals surface area contributed by atoms with E-state index in [1.54, 1.807) is 0 Å². The molecular weight excluding hydrogens is 501 g/mol. The third-order valence-electron chi connectivity index (χ3n) is 7.93. The number of halogens is 1. The average Bonchev–Trinajstić information content (AvgIpc) is 3.52. The molecule has 1 N–H and O–H groups in total. The highest BCUT2D eigenvalue weighted by Crippen LogP contribution is 2.60. The lowest BCUT2D eigenvalue weighted by Crippen LogP contribution is -2.69. The number of hydrogen-bond donors (Lipinski definition) is 1. The second kappa shape index (κ2) is 10.4. The van der Waals surface area contributed by atoms with Crippen molar-refractivity contribution < 1.29 is 9.47 Å². The van der Waals surface area contributed by atoms with Crippen LogP contribution in [-0.2, 0) is 16.1 Å². The van der Waals surface area contributed by atoms with Crippen LogP contribution in [0.15, 0.2) is 35.3 Å². The third-order valence-corrected chi connectivity index (χ3v) is 7.93. The van der Waals surface area contributed by atoms with Crippen LogP contribution in [0, 0.1) is 17.3 Å². The summed E-state index contributed by atoms with van der Waals surface area (Å²) in [6, 6.07) is 11.0. The van der Waals surface area contributed by atoms with E-state index >= 15 is 0 Å². The largest absolute Gasteiger partial charge is 0.377 e. The van der Waals surface area contributed by atoms with E-state index in [9.17, 15) is 0 Å². The number of nitrogens with one attached hydrogen (secondary N) is 1. The second-order valence-electron chi connectivity index (χ2n) is 9.71. The fourth-order valence-electron chi connectivity index (χ4n) is 6.51. The Hall–Kier alpha value is -0.860. The summed E-state index contributed by atoms with van der Waals surface area (Å²) in [4.78, 5) is 7.39. The summed E-state index contributed by atoms with van der Waals surface area (Å²) >= 11 is 0. The van der Waals surface area contributed by atoms with Gasteiger partial charge in [-0.1, -0.05) is 43.2 Å². The predicted octanol–water partition coefficient (Wildman–Crippen LogP) is 4.46. The smallest absolute Gasteiger partial charge is 0.194 e. The Balaban J connectivity index is 0.00000231. The molecule has 4 fully saturated rings. The maximum absolute atomic E-state index is 6.17. The van der Waals surface area contributed by atoms with Gasteiger partial charge in [0.1, 0.15) is 0 Å². The minimum absolute atomic E-state index is 0. The number of fused-ring (bicyclic) bond motifs is 2. The van der Waals surface area contributed by atoms with E-state index in [1.807, 2.05) is 0 Å². The van der Waals surface area contributed by atoms with Gasteiger partial charge < -0.3 is 19.7 Å². The molecule has 1 aromatic rings. The predicted molar refractivity (Wildman–Crippen MR) is 135 cm³/mol. The molecule has 4 atom stereocenters. The lowest BCUT2D eigenvalue weighted by molar-refractivity contribution is -0.125. The maximum Gasteiger partial charge on any atom is 0.194 e. The zero-order chi connectivity index (χ0) is 20.4. The number of aliphatic imine (C=N–C) groups is 1. The van der Waals surface area contributed by atoms with E-state index < -0.39 is 0 Å². The van der Waals surface area contributed by atoms with Crippen molar-refractivity contribution in [3.05, 3.63) is 35.9 Å². The van der Waals surface area contributed by atoms with Crippen molar-refractivity contribution >= 4 is 29.9 Å². The van der Waals surface area contributed by atoms with Gasteiger partial charge in [0.15, 0.2) is 5.96 Å². The molecule has 5 nitrogen and oxygen atoms in total. The van der Waals surface area contributed by atoms with Crippen LogP contribution < -0.4 is 5.32 Å². The van der Waals surface area contributed by atoms with Crippen LogP contribution in [0.4, 0.5) is 0 Å². The van der Waals surface area contributed by atoms with Gasteiger partial charge in [0, 0.05) is 49.5 Å². The molecule has 2 saturated heterocycles. The Labute approximate surface area is 204 Å². The van der Waals surface area contributed by atoms with Crippen molar-refractivity contribution in [3.8, 4) is 0 Å². The minimum Gasteiger partial charge on any atom is -0.377 e. The lowest BCUT2D eigenvalue weighted by atomic mass is 9.54. The standard InChI is InChI=1S/C25H37N3O2.HI/c1-2-26-24(27-22-21-11-15-30-23(21)25(22)12-6-7-13-25)28-14-10-20(16-28)18-29-17-19-8-4-3-5-9-19;/h3-5,8-9,20-23H,2,6-7,10-18H2,1H3,(H,26,27);1H. The van der Waals surface area contributed by atoms with E-state index in [4.69, 9.17) is 14.5 Å². The van der Waals surface area contributed by atoms with Gasteiger partial charge in [0.2, 0.25) is 0 Å². The number of benzene rings is 1. The van der Waals surface area contributed by atoms with Gasteiger partial charge in [-0.25, -0.2) is 0 Å². The van der Waals surface area contributed by atoms with Crippen LogP contribution in [0.25, 0.3) is 0 Å². The molecule has 2 heterocycles. The molecule has 4 aliphatic rings. The van der Waals surface area contributed by atoms with E-state index in [-0.39, 0.29) is 24.0 Å². The van der Waals surface area contributed by atoms with Crippen LogP contribution in [-0.4, -0.2) is 55.9 Å². The molecule has 31 heavy (non-hydrogen) atoms. The summed E-state index contributed by atoms with van der Waals surface area (Å²) in [5.74, 6) is 2.39. The van der Waals surface area contributed by atoms with Crippen LogP contribution >= 0.6 is 24.0 Å². The fourth-order valence-corrected chi connectivity index (χ4v) is 6.51. The molecule has 0 bridgehead atoms. The van der Waals surface area contributed by atoms with E-state index in [0.717, 1.165) is 38.8 Å². The summed E-state index contributed by atoms with van der Waals surface area (Å²) < 4.78 is 12.2. The number of nitrogens with zero attached hydrogens (tertiary/aromatic N) is 2. The lowest BCUT2D eigenvalue weighted by Gasteiger charge is -2.57. The molecule has 1 spiro atoms. The normalized spacial score (nSPS) is 31.4. The molecule has 2 aliphatic heterocycles. The molecule has 1 aromatic carbocycles. The monoisotopic (exact) mass is 539 g/mol. The first kappa shape index (κ1) is 23.3. The molecule has 5 rings (SSSR count). The van der Waals surface area contributed by atoms with Gasteiger partial charge in [-0.2, -0.15) is 0 Å².